The van der Waals surface area contributed by atoms with Gasteiger partial charge >= 0.3 is 0 Å². The van der Waals surface area contributed by atoms with Crippen molar-refractivity contribution in [2.45, 2.75) is 18.9 Å². The SMILES string of the molecule is CNC(C(=O)Nc1ccc(OCC2CC2)cc1)c1cnn(C)c1.Cl. The number of rotatable bonds is 7. The van der Waals surface area contributed by atoms with Gasteiger partial charge in [0.15, 0.2) is 0 Å². The zero-order valence-corrected chi connectivity index (χ0v) is 14.7. The van der Waals surface area contributed by atoms with Crippen molar-refractivity contribution in [2.24, 2.45) is 13.0 Å². The maximum atomic E-state index is 12.4. The second-order valence-corrected chi connectivity index (χ2v) is 5.94. The van der Waals surface area contributed by atoms with Crippen LogP contribution in [0.2, 0.25) is 0 Å². The number of aromatic nitrogens is 2. The van der Waals surface area contributed by atoms with Crippen LogP contribution < -0.4 is 15.4 Å². The summed E-state index contributed by atoms with van der Waals surface area (Å²) < 4.78 is 7.37. The Bertz CT molecular complexity index is 667. The first-order valence-electron chi connectivity index (χ1n) is 7.85. The normalized spacial score (nSPS) is 14.6. The molecule has 130 valence electrons. The molecule has 0 aliphatic heterocycles. The van der Waals surface area contributed by atoms with Gasteiger partial charge in [-0.05, 0) is 50.1 Å². The second kappa shape index (κ2) is 8.17. The van der Waals surface area contributed by atoms with Gasteiger partial charge in [-0.3, -0.25) is 9.48 Å². The average molecular weight is 351 g/mol. The van der Waals surface area contributed by atoms with Gasteiger partial charge in [-0.1, -0.05) is 0 Å². The first kappa shape index (κ1) is 18.3. The summed E-state index contributed by atoms with van der Waals surface area (Å²) in [5.41, 5.74) is 1.58. The Kier molecular flexibility index (Phi) is 6.23. The molecule has 3 rings (SSSR count). The number of benzene rings is 1. The maximum absolute atomic E-state index is 12.4. The fraction of sp³-hybridized carbons (Fsp3) is 0.412. The third-order valence-corrected chi connectivity index (χ3v) is 3.91. The second-order valence-electron chi connectivity index (χ2n) is 5.94. The lowest BCUT2D eigenvalue weighted by Gasteiger charge is -2.15. The Labute approximate surface area is 148 Å². The van der Waals surface area contributed by atoms with Gasteiger partial charge in [0.1, 0.15) is 11.8 Å². The molecule has 0 radical (unpaired) electrons. The molecule has 2 aromatic rings. The van der Waals surface area contributed by atoms with E-state index in [1.165, 1.54) is 12.8 Å². The zero-order chi connectivity index (χ0) is 16.2. The standard InChI is InChI=1S/C17H22N4O2.ClH/c1-18-16(13-9-19-21(2)10-13)17(22)20-14-5-7-15(8-6-14)23-11-12-3-4-12;/h5-10,12,16,18H,3-4,11H2,1-2H3,(H,20,22);1H. The van der Waals surface area contributed by atoms with Crippen LogP contribution in [0.25, 0.3) is 0 Å². The molecular formula is C17H23ClN4O2. The van der Waals surface area contributed by atoms with E-state index in [9.17, 15) is 4.79 Å². The van der Waals surface area contributed by atoms with E-state index in [4.69, 9.17) is 4.74 Å². The van der Waals surface area contributed by atoms with E-state index < -0.39 is 6.04 Å². The van der Waals surface area contributed by atoms with E-state index in [0.29, 0.717) is 0 Å². The van der Waals surface area contributed by atoms with Gasteiger partial charge in [0.25, 0.3) is 0 Å². The van der Waals surface area contributed by atoms with Crippen molar-refractivity contribution < 1.29 is 9.53 Å². The van der Waals surface area contributed by atoms with Crippen LogP contribution in [-0.2, 0) is 11.8 Å². The molecule has 6 nitrogen and oxygen atoms in total. The predicted octanol–water partition coefficient (Wildman–Crippen LogP) is 2.53. The van der Waals surface area contributed by atoms with Crippen LogP contribution in [0.15, 0.2) is 36.7 Å². The Morgan fingerprint density at radius 3 is 2.62 bits per heavy atom. The lowest BCUT2D eigenvalue weighted by Crippen LogP contribution is -2.30. The predicted molar refractivity (Wildman–Crippen MR) is 95.5 cm³/mol. The first-order valence-corrected chi connectivity index (χ1v) is 7.85. The fourth-order valence-corrected chi connectivity index (χ4v) is 2.39. The third kappa shape index (κ3) is 4.72. The minimum atomic E-state index is -0.436. The number of hydrogen-bond acceptors (Lipinski definition) is 4. The zero-order valence-electron chi connectivity index (χ0n) is 13.9. The molecule has 7 heteroatoms. The van der Waals surface area contributed by atoms with Crippen LogP contribution >= 0.6 is 12.4 Å². The summed E-state index contributed by atoms with van der Waals surface area (Å²) >= 11 is 0. The number of hydrogen-bond donors (Lipinski definition) is 2. The molecule has 0 bridgehead atoms. The molecule has 2 N–H and O–H groups in total. The van der Waals surface area contributed by atoms with Crippen molar-refractivity contribution >= 4 is 24.0 Å². The molecule has 1 aliphatic rings. The van der Waals surface area contributed by atoms with Crippen LogP contribution in [-0.4, -0.2) is 29.3 Å². The number of halogens is 1. The summed E-state index contributed by atoms with van der Waals surface area (Å²) in [6.07, 6.45) is 6.06. The first-order chi connectivity index (χ1) is 11.2. The van der Waals surface area contributed by atoms with Crippen LogP contribution in [0, 0.1) is 5.92 Å². The maximum Gasteiger partial charge on any atom is 0.246 e. The lowest BCUT2D eigenvalue weighted by atomic mass is 10.1. The van der Waals surface area contributed by atoms with E-state index in [0.717, 1.165) is 29.5 Å². The molecule has 1 unspecified atom stereocenters. The Hall–Kier alpha value is -2.05. The molecule has 1 heterocycles. The Balaban J connectivity index is 0.00000208. The molecule has 1 amide bonds. The summed E-state index contributed by atoms with van der Waals surface area (Å²) in [6, 6.07) is 7.05. The monoisotopic (exact) mass is 350 g/mol. The van der Waals surface area contributed by atoms with Gasteiger partial charge in [0.05, 0.1) is 12.8 Å². The summed E-state index contributed by atoms with van der Waals surface area (Å²) in [5.74, 6) is 1.45. The molecule has 1 atom stereocenters. The van der Waals surface area contributed by atoms with Gasteiger partial charge in [-0.2, -0.15) is 5.10 Å². The molecule has 0 saturated heterocycles. The number of anilines is 1. The molecule has 1 aliphatic carbocycles. The number of nitrogens with one attached hydrogen (secondary N) is 2. The number of aryl methyl sites for hydroxylation is 1. The summed E-state index contributed by atoms with van der Waals surface area (Å²) in [6.45, 7) is 0.786. The van der Waals surface area contributed by atoms with Crippen LogP contribution in [0.1, 0.15) is 24.4 Å². The number of nitrogens with zero attached hydrogens (tertiary/aromatic N) is 2. The lowest BCUT2D eigenvalue weighted by molar-refractivity contribution is -0.118. The quantitative estimate of drug-likeness (QED) is 0.805. The number of carbonyl (C=O) groups excluding carboxylic acids is 1. The van der Waals surface area contributed by atoms with Crippen molar-refractivity contribution in [1.82, 2.24) is 15.1 Å². The van der Waals surface area contributed by atoms with Crippen molar-refractivity contribution in [2.75, 3.05) is 19.0 Å². The third-order valence-electron chi connectivity index (χ3n) is 3.91. The average Bonchev–Trinajstić information content (AvgIpc) is 3.28. The van der Waals surface area contributed by atoms with Crippen LogP contribution in [0.4, 0.5) is 5.69 Å². The van der Waals surface area contributed by atoms with Crippen molar-refractivity contribution in [3.8, 4) is 5.75 Å². The molecule has 1 aromatic carbocycles. The van der Waals surface area contributed by atoms with Crippen molar-refractivity contribution in [3.63, 3.8) is 0 Å². The van der Waals surface area contributed by atoms with E-state index in [1.54, 1.807) is 17.9 Å². The van der Waals surface area contributed by atoms with E-state index >= 15 is 0 Å². The molecule has 0 spiro atoms. The van der Waals surface area contributed by atoms with E-state index in [1.807, 2.05) is 37.5 Å². The Morgan fingerprint density at radius 2 is 2.08 bits per heavy atom. The minimum Gasteiger partial charge on any atom is -0.493 e. The summed E-state index contributed by atoms with van der Waals surface area (Å²) in [4.78, 5) is 12.4. The van der Waals surface area contributed by atoms with Crippen molar-refractivity contribution in [1.29, 1.82) is 0 Å². The number of likely N-dealkylation sites (N-methyl/N-ethyl adjacent to an activating group) is 1. The molecule has 1 fully saturated rings. The largest absolute Gasteiger partial charge is 0.493 e. The Morgan fingerprint density at radius 1 is 1.38 bits per heavy atom. The fourth-order valence-electron chi connectivity index (χ4n) is 2.39. The summed E-state index contributed by atoms with van der Waals surface area (Å²) in [5, 5.41) is 10.0. The highest BCUT2D eigenvalue weighted by Gasteiger charge is 2.22. The van der Waals surface area contributed by atoms with Gasteiger partial charge in [-0.15, -0.1) is 12.4 Å². The van der Waals surface area contributed by atoms with E-state index in [-0.39, 0.29) is 18.3 Å². The smallest absolute Gasteiger partial charge is 0.246 e. The van der Waals surface area contributed by atoms with Gasteiger partial charge in [0.2, 0.25) is 5.91 Å². The highest BCUT2D eigenvalue weighted by Crippen LogP contribution is 2.29. The van der Waals surface area contributed by atoms with Gasteiger partial charge in [-0.25, -0.2) is 0 Å². The highest BCUT2D eigenvalue weighted by atomic mass is 35.5. The molecule has 1 saturated carbocycles. The molecular weight excluding hydrogens is 328 g/mol. The number of amides is 1. The highest BCUT2D eigenvalue weighted by molar-refractivity contribution is 5.95. The topological polar surface area (TPSA) is 68.2 Å². The minimum absolute atomic E-state index is 0. The number of carbonyl (C=O) groups is 1. The van der Waals surface area contributed by atoms with E-state index in [2.05, 4.69) is 15.7 Å². The summed E-state index contributed by atoms with van der Waals surface area (Å²) in [7, 11) is 3.58. The van der Waals surface area contributed by atoms with Gasteiger partial charge in [0, 0.05) is 24.5 Å². The van der Waals surface area contributed by atoms with Crippen molar-refractivity contribution in [3.05, 3.63) is 42.2 Å². The van der Waals surface area contributed by atoms with Crippen LogP contribution in [0.5, 0.6) is 5.75 Å². The number of ether oxygens (including phenoxy) is 1. The molecule has 24 heavy (non-hydrogen) atoms. The van der Waals surface area contributed by atoms with Gasteiger partial charge < -0.3 is 15.4 Å². The molecule has 1 aromatic heterocycles. The van der Waals surface area contributed by atoms with Crippen LogP contribution in [0.3, 0.4) is 0 Å².